The molecule has 0 aromatic heterocycles. The smallest absolute Gasteiger partial charge is 0.265 e. The Balaban J connectivity index is 1.95. The monoisotopic (exact) mass is 326 g/mol. The molecule has 5 nitrogen and oxygen atoms in total. The Morgan fingerprint density at radius 2 is 2.00 bits per heavy atom. The van der Waals surface area contributed by atoms with Crippen LogP contribution in [0.4, 0.5) is 0 Å². The minimum Gasteiger partial charge on any atom is -0.395 e. The normalized spacial score (nSPS) is 23.5. The first kappa shape index (κ1) is 17.7. The third-order valence-corrected chi connectivity index (χ3v) is 5.81. The fourth-order valence-corrected chi connectivity index (χ4v) is 3.49. The van der Waals surface area contributed by atoms with Crippen molar-refractivity contribution < 1.29 is 14.6 Å². The number of carbonyl (C=O) groups excluding carboxylic acids is 1. The Hall–Kier alpha value is -0.610. The highest BCUT2D eigenvalue weighted by Crippen LogP contribution is 2.47. The molecule has 124 valence electrons. The van der Waals surface area contributed by atoms with Crippen LogP contribution in [0.25, 0.3) is 0 Å². The molecule has 1 amide bonds. The van der Waals surface area contributed by atoms with Crippen LogP contribution in [-0.4, -0.2) is 47.9 Å². The predicted molar refractivity (Wildman–Crippen MR) is 90.8 cm³/mol. The molecule has 0 radical (unpaired) electrons. The molecule has 1 unspecified atom stereocenters. The molecule has 2 heterocycles. The fourth-order valence-electron chi connectivity index (χ4n) is 2.44. The molecule has 0 saturated carbocycles. The zero-order chi connectivity index (χ0) is 16.4. The minimum atomic E-state index is -0.657. The molecule has 2 rings (SSSR count). The van der Waals surface area contributed by atoms with Crippen LogP contribution in [0, 0.1) is 5.41 Å². The molecule has 0 aliphatic carbocycles. The lowest BCUT2D eigenvalue weighted by Crippen LogP contribution is -2.52. The SMILES string of the molecule is CC(C)(CO)C1=CC(=NC(=O)C(C)(C)NC2CCOCC2)P1. The van der Waals surface area contributed by atoms with Crippen LogP contribution in [0.5, 0.6) is 0 Å². The van der Waals surface area contributed by atoms with Gasteiger partial charge in [0.15, 0.2) is 0 Å². The van der Waals surface area contributed by atoms with Gasteiger partial charge < -0.3 is 15.2 Å². The van der Waals surface area contributed by atoms with E-state index in [1.54, 1.807) is 0 Å². The summed E-state index contributed by atoms with van der Waals surface area (Å²) >= 11 is 0. The lowest BCUT2D eigenvalue weighted by Gasteiger charge is -2.33. The molecule has 2 aliphatic heterocycles. The number of aliphatic hydroxyl groups excluding tert-OH is 1. The minimum absolute atomic E-state index is 0.115. The number of aliphatic imine (C=N–C) groups is 1. The van der Waals surface area contributed by atoms with Gasteiger partial charge in [-0.2, -0.15) is 0 Å². The summed E-state index contributed by atoms with van der Waals surface area (Å²) in [6, 6.07) is 0.316. The third-order valence-electron chi connectivity index (χ3n) is 4.21. The third kappa shape index (κ3) is 4.23. The number of hydrogen-bond acceptors (Lipinski definition) is 4. The number of rotatable bonds is 5. The highest BCUT2D eigenvalue weighted by Gasteiger charge is 2.33. The van der Waals surface area contributed by atoms with E-state index in [-0.39, 0.29) is 17.9 Å². The summed E-state index contributed by atoms with van der Waals surface area (Å²) in [4.78, 5) is 16.7. The number of nitrogens with one attached hydrogen (secondary N) is 1. The fraction of sp³-hybridized carbons (Fsp3) is 0.750. The van der Waals surface area contributed by atoms with Gasteiger partial charge in [-0.3, -0.25) is 4.79 Å². The van der Waals surface area contributed by atoms with Crippen molar-refractivity contribution in [3.8, 4) is 0 Å². The van der Waals surface area contributed by atoms with E-state index >= 15 is 0 Å². The second-order valence-corrected chi connectivity index (χ2v) is 8.48. The number of aliphatic hydroxyl groups is 1. The molecule has 6 heteroatoms. The Labute approximate surface area is 134 Å². The van der Waals surface area contributed by atoms with Crippen LogP contribution in [-0.2, 0) is 9.53 Å². The van der Waals surface area contributed by atoms with Crippen molar-refractivity contribution in [3.63, 3.8) is 0 Å². The molecule has 0 spiro atoms. The Bertz CT molecular complexity index is 492. The second-order valence-electron chi connectivity index (χ2n) is 7.18. The van der Waals surface area contributed by atoms with E-state index in [0.717, 1.165) is 31.5 Å². The van der Waals surface area contributed by atoms with Crippen molar-refractivity contribution in [2.24, 2.45) is 10.4 Å². The molecule has 2 N–H and O–H groups in total. The molecular weight excluding hydrogens is 299 g/mol. The molecule has 1 fully saturated rings. The van der Waals surface area contributed by atoms with Gasteiger partial charge in [-0.1, -0.05) is 13.8 Å². The van der Waals surface area contributed by atoms with Gasteiger partial charge in [0.25, 0.3) is 5.91 Å². The van der Waals surface area contributed by atoms with Crippen LogP contribution in [0.15, 0.2) is 16.4 Å². The van der Waals surface area contributed by atoms with Gasteiger partial charge in [-0.05, 0) is 46.7 Å². The molecule has 0 aromatic carbocycles. The average molecular weight is 326 g/mol. The van der Waals surface area contributed by atoms with Crippen molar-refractivity contribution in [2.45, 2.75) is 52.1 Å². The van der Waals surface area contributed by atoms with E-state index < -0.39 is 5.54 Å². The van der Waals surface area contributed by atoms with Gasteiger partial charge in [0.05, 0.1) is 17.6 Å². The summed E-state index contributed by atoms with van der Waals surface area (Å²) in [6.07, 6.45) is 3.81. The zero-order valence-corrected chi connectivity index (χ0v) is 14.9. The van der Waals surface area contributed by atoms with E-state index in [9.17, 15) is 9.90 Å². The number of ether oxygens (including phenoxy) is 1. The van der Waals surface area contributed by atoms with Crippen LogP contribution in [0.2, 0.25) is 0 Å². The molecule has 22 heavy (non-hydrogen) atoms. The van der Waals surface area contributed by atoms with E-state index in [1.807, 2.05) is 33.8 Å². The maximum absolute atomic E-state index is 12.4. The van der Waals surface area contributed by atoms with Crippen molar-refractivity contribution >= 4 is 19.9 Å². The largest absolute Gasteiger partial charge is 0.395 e. The van der Waals surface area contributed by atoms with Crippen molar-refractivity contribution in [1.82, 2.24) is 5.32 Å². The summed E-state index contributed by atoms with van der Waals surface area (Å²) in [5.41, 5.74) is -0.0326. The summed E-state index contributed by atoms with van der Waals surface area (Å²) in [5.74, 6) is -0.126. The maximum Gasteiger partial charge on any atom is 0.265 e. The quantitative estimate of drug-likeness (QED) is 0.759. The first-order valence-corrected chi connectivity index (χ1v) is 8.83. The summed E-state index contributed by atoms with van der Waals surface area (Å²) in [7, 11) is 0.423. The van der Waals surface area contributed by atoms with Crippen LogP contribution in [0.3, 0.4) is 0 Å². The lowest BCUT2D eigenvalue weighted by atomic mass is 9.93. The number of amides is 1. The van der Waals surface area contributed by atoms with Gasteiger partial charge in [-0.15, -0.1) is 0 Å². The van der Waals surface area contributed by atoms with Crippen LogP contribution < -0.4 is 5.32 Å². The van der Waals surface area contributed by atoms with Crippen LogP contribution >= 0.6 is 8.58 Å². The number of carbonyl (C=O) groups is 1. The Morgan fingerprint density at radius 1 is 1.41 bits per heavy atom. The maximum atomic E-state index is 12.4. The molecule has 0 bridgehead atoms. The molecular formula is C16H27N2O3P. The van der Waals surface area contributed by atoms with Gasteiger partial charge in [0.2, 0.25) is 0 Å². The van der Waals surface area contributed by atoms with Crippen molar-refractivity contribution in [2.75, 3.05) is 19.8 Å². The Morgan fingerprint density at radius 3 is 2.55 bits per heavy atom. The van der Waals surface area contributed by atoms with Crippen LogP contribution in [0.1, 0.15) is 40.5 Å². The van der Waals surface area contributed by atoms with Crippen molar-refractivity contribution in [1.29, 1.82) is 0 Å². The van der Waals surface area contributed by atoms with Gasteiger partial charge in [0.1, 0.15) is 0 Å². The van der Waals surface area contributed by atoms with E-state index in [1.165, 1.54) is 5.31 Å². The van der Waals surface area contributed by atoms with Crippen molar-refractivity contribution in [3.05, 3.63) is 11.4 Å². The standard InChI is InChI=1S/C16H27N2O3P/c1-15(2,10-19)12-9-13(22-12)17-14(20)16(3,4)18-11-5-7-21-8-6-11/h9,11,18-19,22H,5-8,10H2,1-4H3. The number of nitrogens with zero attached hydrogens (tertiary/aromatic N) is 1. The number of allylic oxidation sites excluding steroid dienone is 1. The van der Waals surface area contributed by atoms with E-state index in [2.05, 4.69) is 10.3 Å². The predicted octanol–water partition coefficient (Wildman–Crippen LogP) is 2.05. The van der Waals surface area contributed by atoms with E-state index in [4.69, 9.17) is 4.74 Å². The van der Waals surface area contributed by atoms with Gasteiger partial charge in [0, 0.05) is 24.7 Å². The first-order valence-electron chi connectivity index (χ1n) is 7.83. The topological polar surface area (TPSA) is 70.9 Å². The highest BCUT2D eigenvalue weighted by molar-refractivity contribution is 7.66. The lowest BCUT2D eigenvalue weighted by molar-refractivity contribution is -0.123. The zero-order valence-electron chi connectivity index (χ0n) is 13.9. The van der Waals surface area contributed by atoms with Gasteiger partial charge in [-0.25, -0.2) is 4.99 Å². The molecule has 1 atom stereocenters. The summed E-state index contributed by atoms with van der Waals surface area (Å²) in [5, 5.41) is 13.9. The molecule has 1 saturated heterocycles. The average Bonchev–Trinajstić information content (AvgIpc) is 2.42. The van der Waals surface area contributed by atoms with E-state index in [0.29, 0.717) is 14.6 Å². The number of hydrogen-bond donors (Lipinski definition) is 2. The Kier molecular flexibility index (Phi) is 5.54. The summed E-state index contributed by atoms with van der Waals surface area (Å²) in [6.45, 7) is 9.39. The highest BCUT2D eigenvalue weighted by atomic mass is 31.1. The molecule has 2 aliphatic rings. The first-order chi connectivity index (χ1) is 10.2. The summed E-state index contributed by atoms with van der Waals surface area (Å²) < 4.78 is 5.34. The second kappa shape index (κ2) is 6.88. The van der Waals surface area contributed by atoms with Gasteiger partial charge >= 0.3 is 0 Å². The molecule has 0 aromatic rings.